The average molecular weight is 295 g/mol. The molecule has 20 heavy (non-hydrogen) atoms. The lowest BCUT2D eigenvalue weighted by atomic mass is 9.85. The Morgan fingerprint density at radius 1 is 1.30 bits per heavy atom. The quantitative estimate of drug-likeness (QED) is 0.889. The number of nitrogens with one attached hydrogen (secondary N) is 1. The summed E-state index contributed by atoms with van der Waals surface area (Å²) in [5.74, 6) is 1.47. The second-order valence-corrected chi connectivity index (χ2v) is 6.64. The van der Waals surface area contributed by atoms with Crippen molar-refractivity contribution >= 4 is 17.3 Å². The minimum atomic E-state index is 0.574. The summed E-state index contributed by atoms with van der Waals surface area (Å²) in [6, 6.07) is 6.87. The van der Waals surface area contributed by atoms with Crippen molar-refractivity contribution in [2.24, 2.45) is 11.8 Å². The Balaban J connectivity index is 2.32. The van der Waals surface area contributed by atoms with Crippen LogP contribution in [0.4, 0.5) is 5.69 Å². The van der Waals surface area contributed by atoms with E-state index in [9.17, 15) is 0 Å². The van der Waals surface area contributed by atoms with Crippen LogP contribution in [0.5, 0.6) is 0 Å². The maximum absolute atomic E-state index is 6.44. The Kier molecular flexibility index (Phi) is 5.34. The number of benzene rings is 1. The summed E-state index contributed by atoms with van der Waals surface area (Å²) >= 11 is 6.44. The second kappa shape index (κ2) is 6.82. The molecule has 0 spiro atoms. The third-order valence-electron chi connectivity index (χ3n) is 4.55. The Morgan fingerprint density at radius 2 is 2.05 bits per heavy atom. The predicted molar refractivity (Wildman–Crippen MR) is 88.6 cm³/mol. The van der Waals surface area contributed by atoms with E-state index >= 15 is 0 Å². The molecule has 0 saturated carbocycles. The van der Waals surface area contributed by atoms with Gasteiger partial charge in [-0.25, -0.2) is 0 Å². The molecule has 1 heterocycles. The summed E-state index contributed by atoms with van der Waals surface area (Å²) in [5, 5.41) is 4.29. The first-order chi connectivity index (χ1) is 9.54. The van der Waals surface area contributed by atoms with Crippen molar-refractivity contribution in [1.82, 2.24) is 5.32 Å². The smallest absolute Gasteiger partial charge is 0.0471 e. The number of piperidine rings is 1. The molecule has 1 aliphatic rings. The molecule has 0 amide bonds. The van der Waals surface area contributed by atoms with E-state index < -0.39 is 0 Å². The molecule has 1 saturated heterocycles. The van der Waals surface area contributed by atoms with E-state index in [1.807, 2.05) is 6.07 Å². The normalized spacial score (nSPS) is 26.9. The third-order valence-corrected chi connectivity index (χ3v) is 4.91. The van der Waals surface area contributed by atoms with Gasteiger partial charge in [-0.15, -0.1) is 0 Å². The van der Waals surface area contributed by atoms with Crippen LogP contribution in [0.15, 0.2) is 18.2 Å². The number of anilines is 1. The fourth-order valence-electron chi connectivity index (χ4n) is 3.27. The van der Waals surface area contributed by atoms with E-state index in [4.69, 9.17) is 11.6 Å². The van der Waals surface area contributed by atoms with Crippen LogP contribution >= 0.6 is 11.6 Å². The van der Waals surface area contributed by atoms with Gasteiger partial charge in [0.2, 0.25) is 0 Å². The summed E-state index contributed by atoms with van der Waals surface area (Å²) in [6.45, 7) is 12.1. The molecule has 3 unspecified atom stereocenters. The standard InChI is InChI=1S/C17H27ClN2/c1-5-19-10-15-16(18)7-6-8-17(15)20-11-12(2)9-13(3)14(20)4/h6-8,12-14,19H,5,9-11H2,1-4H3. The van der Waals surface area contributed by atoms with Gasteiger partial charge in [0, 0.05) is 35.4 Å². The first-order valence-electron chi connectivity index (χ1n) is 7.79. The summed E-state index contributed by atoms with van der Waals surface area (Å²) in [5.41, 5.74) is 2.55. The highest BCUT2D eigenvalue weighted by Gasteiger charge is 2.30. The zero-order valence-electron chi connectivity index (χ0n) is 13.1. The maximum Gasteiger partial charge on any atom is 0.0471 e. The molecule has 3 atom stereocenters. The monoisotopic (exact) mass is 294 g/mol. The fraction of sp³-hybridized carbons (Fsp3) is 0.647. The molecule has 2 rings (SSSR count). The molecule has 3 heteroatoms. The summed E-state index contributed by atoms with van der Waals surface area (Å²) < 4.78 is 0. The number of hydrogen-bond donors (Lipinski definition) is 1. The number of hydrogen-bond acceptors (Lipinski definition) is 2. The largest absolute Gasteiger partial charge is 0.368 e. The highest BCUT2D eigenvalue weighted by atomic mass is 35.5. The van der Waals surface area contributed by atoms with Gasteiger partial charge >= 0.3 is 0 Å². The second-order valence-electron chi connectivity index (χ2n) is 6.23. The van der Waals surface area contributed by atoms with Crippen molar-refractivity contribution in [3.05, 3.63) is 28.8 Å². The predicted octanol–water partition coefficient (Wildman–Crippen LogP) is 4.32. The molecule has 1 aliphatic heterocycles. The molecule has 112 valence electrons. The molecule has 1 aromatic rings. The highest BCUT2D eigenvalue weighted by Crippen LogP contribution is 2.35. The van der Waals surface area contributed by atoms with Gasteiger partial charge in [-0.1, -0.05) is 38.4 Å². The minimum Gasteiger partial charge on any atom is -0.368 e. The Hall–Kier alpha value is -0.730. The molecular formula is C17H27ClN2. The van der Waals surface area contributed by atoms with Crippen LogP contribution in [0.1, 0.15) is 39.7 Å². The van der Waals surface area contributed by atoms with Crippen molar-refractivity contribution < 1.29 is 0 Å². The van der Waals surface area contributed by atoms with Gasteiger partial charge in [0.15, 0.2) is 0 Å². The van der Waals surface area contributed by atoms with Crippen molar-refractivity contribution in [3.63, 3.8) is 0 Å². The fourth-order valence-corrected chi connectivity index (χ4v) is 3.51. The van der Waals surface area contributed by atoms with E-state index in [1.54, 1.807) is 0 Å². The highest BCUT2D eigenvalue weighted by molar-refractivity contribution is 6.31. The van der Waals surface area contributed by atoms with Gasteiger partial charge in [-0.2, -0.15) is 0 Å². The van der Waals surface area contributed by atoms with Crippen LogP contribution in [0.2, 0.25) is 5.02 Å². The number of nitrogens with zero attached hydrogens (tertiary/aromatic N) is 1. The van der Waals surface area contributed by atoms with E-state index in [0.29, 0.717) is 6.04 Å². The van der Waals surface area contributed by atoms with Gasteiger partial charge < -0.3 is 10.2 Å². The lowest BCUT2D eigenvalue weighted by Crippen LogP contribution is -2.46. The summed E-state index contributed by atoms with van der Waals surface area (Å²) in [4.78, 5) is 2.55. The molecule has 1 N–H and O–H groups in total. The van der Waals surface area contributed by atoms with E-state index in [0.717, 1.165) is 36.5 Å². The Labute approximate surface area is 128 Å². The van der Waals surface area contributed by atoms with Gasteiger partial charge in [-0.3, -0.25) is 0 Å². The lowest BCUT2D eigenvalue weighted by Gasteiger charge is -2.43. The van der Waals surface area contributed by atoms with E-state index in [2.05, 4.69) is 50.0 Å². The molecule has 1 aromatic carbocycles. The maximum atomic E-state index is 6.44. The van der Waals surface area contributed by atoms with Gasteiger partial charge in [0.05, 0.1) is 0 Å². The molecule has 0 aliphatic carbocycles. The van der Waals surface area contributed by atoms with Crippen molar-refractivity contribution in [1.29, 1.82) is 0 Å². The molecule has 1 fully saturated rings. The molecule has 0 aromatic heterocycles. The van der Waals surface area contributed by atoms with Gasteiger partial charge in [0.1, 0.15) is 0 Å². The first-order valence-corrected chi connectivity index (χ1v) is 8.17. The minimum absolute atomic E-state index is 0.574. The van der Waals surface area contributed by atoms with Crippen LogP contribution < -0.4 is 10.2 Å². The molecule has 2 nitrogen and oxygen atoms in total. The zero-order chi connectivity index (χ0) is 14.7. The number of halogens is 1. The van der Waals surface area contributed by atoms with Crippen molar-refractivity contribution in [3.8, 4) is 0 Å². The lowest BCUT2D eigenvalue weighted by molar-refractivity contribution is 0.296. The molecular weight excluding hydrogens is 268 g/mol. The van der Waals surface area contributed by atoms with Crippen LogP contribution in [-0.4, -0.2) is 19.1 Å². The molecule has 0 bridgehead atoms. The number of rotatable bonds is 4. The van der Waals surface area contributed by atoms with Crippen LogP contribution in [0.25, 0.3) is 0 Å². The SMILES string of the molecule is CCNCc1c(Cl)cccc1N1CC(C)CC(C)C1C. The third kappa shape index (κ3) is 3.29. The summed E-state index contributed by atoms with van der Waals surface area (Å²) in [6.07, 6.45) is 1.32. The topological polar surface area (TPSA) is 15.3 Å². The van der Waals surface area contributed by atoms with E-state index in [1.165, 1.54) is 17.7 Å². The zero-order valence-corrected chi connectivity index (χ0v) is 13.9. The van der Waals surface area contributed by atoms with Crippen LogP contribution in [0.3, 0.4) is 0 Å². The van der Waals surface area contributed by atoms with Crippen molar-refractivity contribution in [2.45, 2.75) is 46.7 Å². The molecule has 0 radical (unpaired) electrons. The van der Waals surface area contributed by atoms with E-state index in [-0.39, 0.29) is 0 Å². The Bertz CT molecular complexity index is 447. The van der Waals surface area contributed by atoms with Crippen LogP contribution in [-0.2, 0) is 6.54 Å². The Morgan fingerprint density at radius 3 is 2.75 bits per heavy atom. The van der Waals surface area contributed by atoms with Crippen molar-refractivity contribution in [2.75, 3.05) is 18.0 Å². The van der Waals surface area contributed by atoms with Crippen LogP contribution in [0, 0.1) is 11.8 Å². The summed E-state index contributed by atoms with van der Waals surface area (Å²) in [7, 11) is 0. The average Bonchev–Trinajstić information content (AvgIpc) is 2.41. The van der Waals surface area contributed by atoms with Gasteiger partial charge in [-0.05, 0) is 43.9 Å². The van der Waals surface area contributed by atoms with Gasteiger partial charge in [0.25, 0.3) is 0 Å². The first kappa shape index (κ1) is 15.7.